The van der Waals surface area contributed by atoms with E-state index in [-0.39, 0.29) is 5.75 Å². The van der Waals surface area contributed by atoms with Crippen molar-refractivity contribution in [2.75, 3.05) is 17.2 Å². The molecule has 2 atom stereocenters. The molecule has 45 heavy (non-hydrogen) atoms. The second kappa shape index (κ2) is 13.3. The lowest BCUT2D eigenvalue weighted by Gasteiger charge is -2.25. The van der Waals surface area contributed by atoms with Crippen molar-refractivity contribution < 1.29 is 27.1 Å². The van der Waals surface area contributed by atoms with Crippen molar-refractivity contribution in [1.29, 1.82) is 0 Å². The minimum absolute atomic E-state index is 0.301. The summed E-state index contributed by atoms with van der Waals surface area (Å²) in [6.45, 7) is 8.67. The molecule has 0 saturated carbocycles. The van der Waals surface area contributed by atoms with Crippen molar-refractivity contribution in [3.05, 3.63) is 89.7 Å². The molecular weight excluding hydrogens is 608 g/mol. The summed E-state index contributed by atoms with van der Waals surface area (Å²) < 4.78 is 58.0. The Kier molecular flexibility index (Phi) is 9.47. The van der Waals surface area contributed by atoms with Crippen molar-refractivity contribution in [1.82, 2.24) is 20.1 Å². The molecule has 8 nitrogen and oxygen atoms in total. The molecule has 1 N–H and O–H groups in total. The molecular formula is C32H32F4N6O2S. The minimum atomic E-state index is -4.78. The molecule has 2 unspecified atom stereocenters. The number of aromatic nitrogens is 3. The van der Waals surface area contributed by atoms with E-state index < -0.39 is 24.6 Å². The maximum atomic E-state index is 15.4. The van der Waals surface area contributed by atoms with Gasteiger partial charge in [0.25, 0.3) is 0 Å². The molecule has 3 aromatic carbocycles. The summed E-state index contributed by atoms with van der Waals surface area (Å²) in [7, 11) is 0. The predicted molar refractivity (Wildman–Crippen MR) is 168 cm³/mol. The van der Waals surface area contributed by atoms with E-state index in [2.05, 4.69) is 56.9 Å². The van der Waals surface area contributed by atoms with Gasteiger partial charge in [-0.05, 0) is 66.8 Å². The standard InChI is InChI=1S/C32H32F4N6O2S/c1-19(2)27-20(3)6-5-7-26(27)41-16-17-45-31(41)39-30(43)38-21(4)28(33)22-8-10-23(11-9-22)29-37-18-42(40-29)24-12-14-25(15-13-24)44-32(34,35)36/h5-15,18-19,21,28H,16-17H2,1-4H3,(H,38,43). The van der Waals surface area contributed by atoms with Gasteiger partial charge in [0.15, 0.2) is 11.0 Å². The maximum Gasteiger partial charge on any atom is 0.573 e. The SMILES string of the molecule is Cc1cccc(N2CCSC2=NC(=O)NC(C)C(F)c2ccc(-c3ncn(-c4ccc(OC(F)(F)F)cc4)n3)cc2)c1C(C)C. The molecule has 5 rings (SSSR count). The van der Waals surface area contributed by atoms with E-state index in [0.29, 0.717) is 33.7 Å². The van der Waals surface area contributed by atoms with E-state index in [1.165, 1.54) is 58.2 Å². The van der Waals surface area contributed by atoms with Gasteiger partial charge in [0, 0.05) is 23.5 Å². The lowest BCUT2D eigenvalue weighted by atomic mass is 9.95. The average molecular weight is 641 g/mol. The van der Waals surface area contributed by atoms with E-state index >= 15 is 4.39 Å². The Morgan fingerprint density at radius 2 is 1.76 bits per heavy atom. The van der Waals surface area contributed by atoms with Gasteiger partial charge in [-0.15, -0.1) is 18.3 Å². The van der Waals surface area contributed by atoms with Gasteiger partial charge in [0.05, 0.1) is 11.7 Å². The van der Waals surface area contributed by atoms with E-state index in [1.807, 2.05) is 12.1 Å². The summed E-state index contributed by atoms with van der Waals surface area (Å²) in [4.78, 5) is 23.5. The molecule has 0 spiro atoms. The topological polar surface area (TPSA) is 84.6 Å². The normalized spacial score (nSPS) is 15.8. The number of alkyl halides is 4. The van der Waals surface area contributed by atoms with Crippen LogP contribution >= 0.6 is 11.8 Å². The number of amides is 2. The fourth-order valence-electron chi connectivity index (χ4n) is 5.18. The van der Waals surface area contributed by atoms with Crippen LogP contribution in [-0.2, 0) is 0 Å². The largest absolute Gasteiger partial charge is 0.573 e. The third kappa shape index (κ3) is 7.64. The van der Waals surface area contributed by atoms with Gasteiger partial charge < -0.3 is 15.0 Å². The zero-order valence-electron chi connectivity index (χ0n) is 25.0. The van der Waals surface area contributed by atoms with Gasteiger partial charge in [0.1, 0.15) is 18.2 Å². The number of hydrogen-bond donors (Lipinski definition) is 1. The number of aryl methyl sites for hydroxylation is 1. The number of halogens is 4. The van der Waals surface area contributed by atoms with Gasteiger partial charge in [-0.1, -0.05) is 62.0 Å². The molecule has 1 aliphatic rings. The molecule has 236 valence electrons. The number of anilines is 1. The van der Waals surface area contributed by atoms with Crippen molar-refractivity contribution in [3.8, 4) is 22.8 Å². The van der Waals surface area contributed by atoms with Crippen LogP contribution < -0.4 is 15.0 Å². The zero-order chi connectivity index (χ0) is 32.3. The second-order valence-corrected chi connectivity index (χ2v) is 11.9. The Bertz CT molecular complexity index is 1670. The first-order valence-corrected chi connectivity index (χ1v) is 15.3. The summed E-state index contributed by atoms with van der Waals surface area (Å²) in [5.41, 5.74) is 4.88. The van der Waals surface area contributed by atoms with Crippen LogP contribution in [0.1, 0.15) is 49.6 Å². The molecule has 4 aromatic rings. The Labute approximate surface area is 262 Å². The Hall–Kier alpha value is -4.39. The molecule has 1 aromatic heterocycles. The van der Waals surface area contributed by atoms with Crippen molar-refractivity contribution in [2.45, 2.75) is 52.2 Å². The fourth-order valence-corrected chi connectivity index (χ4v) is 6.13. The van der Waals surface area contributed by atoms with Gasteiger partial charge in [-0.3, -0.25) is 0 Å². The first kappa shape index (κ1) is 32.0. The number of carbonyl (C=O) groups is 1. The maximum absolute atomic E-state index is 15.4. The van der Waals surface area contributed by atoms with Crippen LogP contribution in [-0.4, -0.2) is 50.7 Å². The van der Waals surface area contributed by atoms with E-state index in [0.717, 1.165) is 18.0 Å². The third-order valence-electron chi connectivity index (χ3n) is 7.25. The van der Waals surface area contributed by atoms with Crippen molar-refractivity contribution >= 4 is 28.6 Å². The van der Waals surface area contributed by atoms with Crippen molar-refractivity contribution in [3.63, 3.8) is 0 Å². The number of benzene rings is 3. The predicted octanol–water partition coefficient (Wildman–Crippen LogP) is 7.98. The minimum Gasteiger partial charge on any atom is -0.406 e. The summed E-state index contributed by atoms with van der Waals surface area (Å²) in [5.74, 6) is 1.09. The number of urea groups is 1. The molecule has 13 heteroatoms. The van der Waals surface area contributed by atoms with Crippen LogP contribution in [0.2, 0.25) is 0 Å². The first-order valence-electron chi connectivity index (χ1n) is 14.3. The zero-order valence-corrected chi connectivity index (χ0v) is 25.9. The smallest absolute Gasteiger partial charge is 0.406 e. The number of amidine groups is 1. The number of nitrogens with zero attached hydrogens (tertiary/aromatic N) is 5. The molecule has 0 radical (unpaired) electrons. The monoisotopic (exact) mass is 640 g/mol. The van der Waals surface area contributed by atoms with E-state index in [4.69, 9.17) is 0 Å². The van der Waals surface area contributed by atoms with Crippen LogP contribution in [0.3, 0.4) is 0 Å². The number of aliphatic imine (C=N–C) groups is 1. The molecule has 1 saturated heterocycles. The highest BCUT2D eigenvalue weighted by Crippen LogP contribution is 2.35. The Morgan fingerprint density at radius 3 is 2.42 bits per heavy atom. The highest BCUT2D eigenvalue weighted by molar-refractivity contribution is 8.14. The number of ether oxygens (including phenoxy) is 1. The van der Waals surface area contributed by atoms with Crippen LogP contribution in [0, 0.1) is 6.92 Å². The summed E-state index contributed by atoms with van der Waals surface area (Å²) in [6, 6.07) is 16.4. The van der Waals surface area contributed by atoms with Gasteiger partial charge in [-0.25, -0.2) is 18.9 Å². The number of thioether (sulfide) groups is 1. The summed E-state index contributed by atoms with van der Waals surface area (Å²) in [6.07, 6.45) is -4.85. The number of carbonyl (C=O) groups excluding carboxylic acids is 1. The highest BCUT2D eigenvalue weighted by atomic mass is 32.2. The third-order valence-corrected chi connectivity index (χ3v) is 8.20. The van der Waals surface area contributed by atoms with Gasteiger partial charge in [-0.2, -0.15) is 4.99 Å². The molecule has 2 amide bonds. The second-order valence-electron chi connectivity index (χ2n) is 10.9. The molecule has 2 heterocycles. The number of rotatable bonds is 8. The average Bonchev–Trinajstić information content (AvgIpc) is 3.66. The van der Waals surface area contributed by atoms with Crippen LogP contribution in [0.15, 0.2) is 78.0 Å². The molecule has 1 fully saturated rings. The molecule has 0 aliphatic carbocycles. The first-order chi connectivity index (χ1) is 21.4. The van der Waals surface area contributed by atoms with Crippen LogP contribution in [0.5, 0.6) is 5.75 Å². The lowest BCUT2D eigenvalue weighted by Crippen LogP contribution is -2.35. The lowest BCUT2D eigenvalue weighted by molar-refractivity contribution is -0.274. The highest BCUT2D eigenvalue weighted by Gasteiger charge is 2.31. The summed E-state index contributed by atoms with van der Waals surface area (Å²) >= 11 is 1.50. The number of nitrogens with one attached hydrogen (secondary N) is 1. The van der Waals surface area contributed by atoms with E-state index in [1.54, 1.807) is 31.2 Å². The summed E-state index contributed by atoms with van der Waals surface area (Å²) in [5, 5.41) is 7.63. The Morgan fingerprint density at radius 1 is 1.04 bits per heavy atom. The van der Waals surface area contributed by atoms with E-state index in [9.17, 15) is 18.0 Å². The van der Waals surface area contributed by atoms with Crippen molar-refractivity contribution in [2.24, 2.45) is 4.99 Å². The fraction of sp³-hybridized carbons (Fsp3) is 0.312. The quantitative estimate of drug-likeness (QED) is 0.197. The van der Waals surface area contributed by atoms with Crippen LogP contribution in [0.25, 0.3) is 17.1 Å². The molecule has 0 bridgehead atoms. The van der Waals surface area contributed by atoms with Gasteiger partial charge in [0.2, 0.25) is 0 Å². The molecule has 1 aliphatic heterocycles. The Balaban J connectivity index is 1.22. The van der Waals surface area contributed by atoms with Gasteiger partial charge >= 0.3 is 12.4 Å². The number of hydrogen-bond acceptors (Lipinski definition) is 5. The van der Waals surface area contributed by atoms with Crippen LogP contribution in [0.4, 0.5) is 28.0 Å².